The number of nitrogens with zero attached hydrogens (tertiary/aromatic N) is 3. The molecule has 7 heteroatoms. The lowest BCUT2D eigenvalue weighted by Gasteiger charge is -2.17. The highest BCUT2D eigenvalue weighted by Gasteiger charge is 2.28. The summed E-state index contributed by atoms with van der Waals surface area (Å²) in [6, 6.07) is 0.323. The number of carbonyl (C=O) groups excluding carboxylic acids is 1. The number of amides is 1. The van der Waals surface area contributed by atoms with Crippen LogP contribution in [0.25, 0.3) is 0 Å². The molecule has 2 aliphatic rings. The Bertz CT molecular complexity index is 508. The summed E-state index contributed by atoms with van der Waals surface area (Å²) in [6.07, 6.45) is 8.97. The van der Waals surface area contributed by atoms with E-state index in [2.05, 4.69) is 9.97 Å². The molecule has 0 unspecified atom stereocenters. The Balaban J connectivity index is 1.42. The molecule has 0 radical (unpaired) electrons. The normalized spacial score (nSPS) is 22.2. The van der Waals surface area contributed by atoms with Gasteiger partial charge in [0, 0.05) is 18.2 Å². The number of rotatable bonds is 5. The van der Waals surface area contributed by atoms with Gasteiger partial charge in [0.25, 0.3) is 0 Å². The maximum Gasteiger partial charge on any atom is 0.316 e. The predicted molar refractivity (Wildman–Crippen MR) is 87.4 cm³/mol. The molecule has 5 nitrogen and oxygen atoms in total. The SMILES string of the molecule is O=C(CSC1CCCC1)N1CC[C@H](Oc2ncc(Cl)cn2)C1. The van der Waals surface area contributed by atoms with Crippen LogP contribution >= 0.6 is 23.4 Å². The Kier molecular flexibility index (Phi) is 5.41. The highest BCUT2D eigenvalue weighted by molar-refractivity contribution is 8.00. The van der Waals surface area contributed by atoms with Gasteiger partial charge in [0.2, 0.25) is 5.91 Å². The Labute approximate surface area is 139 Å². The van der Waals surface area contributed by atoms with Gasteiger partial charge in [-0.15, -0.1) is 11.8 Å². The van der Waals surface area contributed by atoms with Gasteiger partial charge in [-0.2, -0.15) is 0 Å². The van der Waals surface area contributed by atoms with Crippen LogP contribution in [-0.4, -0.2) is 51.0 Å². The number of likely N-dealkylation sites (tertiary alicyclic amines) is 1. The third kappa shape index (κ3) is 4.26. The fourth-order valence-electron chi connectivity index (χ4n) is 2.90. The molecule has 1 aromatic heterocycles. The molecule has 2 heterocycles. The molecule has 1 aliphatic carbocycles. The first-order chi connectivity index (χ1) is 10.7. The van der Waals surface area contributed by atoms with E-state index in [1.807, 2.05) is 16.7 Å². The quantitative estimate of drug-likeness (QED) is 0.824. The van der Waals surface area contributed by atoms with Gasteiger partial charge in [-0.3, -0.25) is 4.79 Å². The Morgan fingerprint density at radius 3 is 2.77 bits per heavy atom. The predicted octanol–water partition coefficient (Wildman–Crippen LogP) is 2.79. The molecule has 1 atom stereocenters. The third-order valence-electron chi connectivity index (χ3n) is 4.11. The van der Waals surface area contributed by atoms with Crippen molar-refractivity contribution in [1.29, 1.82) is 0 Å². The van der Waals surface area contributed by atoms with E-state index in [-0.39, 0.29) is 12.0 Å². The van der Waals surface area contributed by atoms with Crippen LogP contribution in [-0.2, 0) is 4.79 Å². The van der Waals surface area contributed by atoms with Crippen molar-refractivity contribution in [3.8, 4) is 6.01 Å². The van der Waals surface area contributed by atoms with Crippen molar-refractivity contribution in [3.63, 3.8) is 0 Å². The van der Waals surface area contributed by atoms with Gasteiger partial charge in [-0.05, 0) is 12.8 Å². The molecule has 1 saturated carbocycles. The molecule has 1 aliphatic heterocycles. The van der Waals surface area contributed by atoms with Gasteiger partial charge in [-0.1, -0.05) is 24.4 Å². The van der Waals surface area contributed by atoms with Crippen molar-refractivity contribution in [1.82, 2.24) is 14.9 Å². The van der Waals surface area contributed by atoms with E-state index >= 15 is 0 Å². The number of ether oxygens (including phenoxy) is 1. The minimum absolute atomic E-state index is 0.0263. The second-order valence-corrected chi connectivity index (χ2v) is 7.49. The number of aromatic nitrogens is 2. The van der Waals surface area contributed by atoms with E-state index in [1.54, 1.807) is 0 Å². The van der Waals surface area contributed by atoms with Crippen molar-refractivity contribution >= 4 is 29.3 Å². The van der Waals surface area contributed by atoms with E-state index in [4.69, 9.17) is 16.3 Å². The molecule has 1 aromatic rings. The lowest BCUT2D eigenvalue weighted by molar-refractivity contribution is -0.127. The van der Waals surface area contributed by atoms with E-state index in [9.17, 15) is 4.79 Å². The molecule has 0 aromatic carbocycles. The maximum atomic E-state index is 12.2. The molecule has 1 amide bonds. The average Bonchev–Trinajstić information content (AvgIpc) is 3.19. The largest absolute Gasteiger partial charge is 0.458 e. The van der Waals surface area contributed by atoms with E-state index in [1.165, 1.54) is 38.1 Å². The van der Waals surface area contributed by atoms with Crippen LogP contribution in [0, 0.1) is 0 Å². The highest BCUT2D eigenvalue weighted by atomic mass is 35.5. The Morgan fingerprint density at radius 1 is 1.32 bits per heavy atom. The fraction of sp³-hybridized carbons (Fsp3) is 0.667. The van der Waals surface area contributed by atoms with Gasteiger partial charge in [0.15, 0.2) is 0 Å². The highest BCUT2D eigenvalue weighted by Crippen LogP contribution is 2.29. The Morgan fingerprint density at radius 2 is 2.05 bits per heavy atom. The summed E-state index contributed by atoms with van der Waals surface area (Å²) in [5, 5.41) is 1.17. The van der Waals surface area contributed by atoms with E-state index in [0.717, 1.165) is 13.0 Å². The molecule has 1 saturated heterocycles. The molecule has 0 spiro atoms. The molecule has 0 N–H and O–H groups in total. The van der Waals surface area contributed by atoms with Crippen molar-refractivity contribution in [2.24, 2.45) is 0 Å². The number of thioether (sulfide) groups is 1. The van der Waals surface area contributed by atoms with Crippen LogP contribution in [0.5, 0.6) is 6.01 Å². The second-order valence-electron chi connectivity index (χ2n) is 5.77. The minimum Gasteiger partial charge on any atom is -0.458 e. The minimum atomic E-state index is -0.0263. The molecule has 0 bridgehead atoms. The molecular weight excluding hydrogens is 322 g/mol. The summed E-state index contributed by atoms with van der Waals surface area (Å²) in [4.78, 5) is 22.2. The van der Waals surface area contributed by atoms with Crippen molar-refractivity contribution in [2.75, 3.05) is 18.8 Å². The molecule has 2 fully saturated rings. The third-order valence-corrected chi connectivity index (χ3v) is 5.66. The Hall–Kier alpha value is -1.01. The smallest absolute Gasteiger partial charge is 0.316 e. The second kappa shape index (κ2) is 7.51. The van der Waals surface area contributed by atoms with Crippen LogP contribution in [0.3, 0.4) is 0 Å². The van der Waals surface area contributed by atoms with Gasteiger partial charge in [0.05, 0.1) is 29.7 Å². The first-order valence-electron chi connectivity index (χ1n) is 7.74. The zero-order valence-electron chi connectivity index (χ0n) is 12.4. The van der Waals surface area contributed by atoms with Gasteiger partial charge < -0.3 is 9.64 Å². The number of halogens is 1. The van der Waals surface area contributed by atoms with E-state index in [0.29, 0.717) is 28.6 Å². The van der Waals surface area contributed by atoms with Crippen LogP contribution in [0.4, 0.5) is 0 Å². The van der Waals surface area contributed by atoms with Gasteiger partial charge in [0.1, 0.15) is 6.10 Å². The van der Waals surface area contributed by atoms with Crippen molar-refractivity contribution in [3.05, 3.63) is 17.4 Å². The summed E-state index contributed by atoms with van der Waals surface area (Å²) in [7, 11) is 0. The topological polar surface area (TPSA) is 55.3 Å². The lowest BCUT2D eigenvalue weighted by atomic mass is 10.3. The number of hydrogen-bond acceptors (Lipinski definition) is 5. The van der Waals surface area contributed by atoms with E-state index < -0.39 is 0 Å². The first-order valence-corrected chi connectivity index (χ1v) is 9.17. The lowest BCUT2D eigenvalue weighted by Crippen LogP contribution is -2.32. The van der Waals surface area contributed by atoms with Crippen LogP contribution < -0.4 is 4.74 Å². The van der Waals surface area contributed by atoms with Crippen LogP contribution in [0.15, 0.2) is 12.4 Å². The molecule has 22 heavy (non-hydrogen) atoms. The summed E-state index contributed by atoms with van der Waals surface area (Å²) in [5.74, 6) is 0.814. The number of hydrogen-bond donors (Lipinski definition) is 0. The van der Waals surface area contributed by atoms with Gasteiger partial charge in [-0.25, -0.2) is 9.97 Å². The fourth-order valence-corrected chi connectivity index (χ4v) is 4.22. The van der Waals surface area contributed by atoms with Crippen molar-refractivity contribution < 1.29 is 9.53 Å². The zero-order valence-corrected chi connectivity index (χ0v) is 14.0. The molecular formula is C15H20ClN3O2S. The van der Waals surface area contributed by atoms with Crippen LogP contribution in [0.2, 0.25) is 5.02 Å². The van der Waals surface area contributed by atoms with Gasteiger partial charge >= 0.3 is 6.01 Å². The number of carbonyl (C=O) groups is 1. The van der Waals surface area contributed by atoms with Crippen LogP contribution in [0.1, 0.15) is 32.1 Å². The summed E-state index contributed by atoms with van der Waals surface area (Å²) in [6.45, 7) is 1.37. The maximum absolute atomic E-state index is 12.2. The summed E-state index contributed by atoms with van der Waals surface area (Å²) >= 11 is 7.56. The molecule has 120 valence electrons. The molecule has 3 rings (SSSR count). The monoisotopic (exact) mass is 341 g/mol. The summed E-state index contributed by atoms with van der Waals surface area (Å²) < 4.78 is 5.71. The summed E-state index contributed by atoms with van der Waals surface area (Å²) in [5.41, 5.74) is 0. The van der Waals surface area contributed by atoms with Crippen molar-refractivity contribution in [2.45, 2.75) is 43.5 Å². The standard InChI is InChI=1S/C15H20ClN3O2S/c16-11-7-17-15(18-8-11)21-12-5-6-19(9-12)14(20)10-22-13-3-1-2-4-13/h7-8,12-13H,1-6,9-10H2/t12-/m0/s1. The average molecular weight is 342 g/mol. The zero-order chi connectivity index (χ0) is 15.4. The first kappa shape index (κ1) is 15.9.